The number of amides is 1. The third-order valence-corrected chi connectivity index (χ3v) is 6.80. The number of likely N-dealkylation sites (N-methyl/N-ethyl adjacent to an activating group) is 1. The predicted molar refractivity (Wildman–Crippen MR) is 106 cm³/mol. The summed E-state index contributed by atoms with van der Waals surface area (Å²) in [5, 5.41) is 4.66. The van der Waals surface area contributed by atoms with Crippen LogP contribution in [0, 0.1) is 0 Å². The maximum absolute atomic E-state index is 12.8. The number of aromatic nitrogens is 2. The molecule has 1 aliphatic heterocycles. The Morgan fingerprint density at radius 3 is 2.55 bits per heavy atom. The fraction of sp³-hybridized carbons (Fsp3) is 0.474. The third-order valence-electron chi connectivity index (χ3n) is 5.05. The van der Waals surface area contributed by atoms with Gasteiger partial charge in [-0.2, -0.15) is 5.10 Å². The Balaban J connectivity index is 1.82. The summed E-state index contributed by atoms with van der Waals surface area (Å²) in [7, 11) is -1.72. The van der Waals surface area contributed by atoms with Gasteiger partial charge in [-0.15, -0.1) is 0 Å². The average Bonchev–Trinajstić information content (AvgIpc) is 3.04. The van der Waals surface area contributed by atoms with Gasteiger partial charge in [-0.05, 0) is 26.3 Å². The highest BCUT2D eigenvalue weighted by molar-refractivity contribution is 7.91. The van der Waals surface area contributed by atoms with Gasteiger partial charge in [0, 0.05) is 25.0 Å². The molecule has 156 valence electrons. The van der Waals surface area contributed by atoms with Gasteiger partial charge in [0.05, 0.1) is 16.9 Å². The number of carbonyl (C=O) groups is 2. The lowest BCUT2D eigenvalue weighted by Gasteiger charge is -2.29. The Labute approximate surface area is 168 Å². The highest BCUT2D eigenvalue weighted by atomic mass is 32.2. The SMILES string of the molecule is CCN(C(=O)[C@H](C)OC(=O)c1nn(C)c(=O)c2ccccc12)[C@H]1CCS(=O)(=O)C1. The first kappa shape index (κ1) is 21.0. The lowest BCUT2D eigenvalue weighted by atomic mass is 10.1. The van der Waals surface area contributed by atoms with Gasteiger partial charge >= 0.3 is 5.97 Å². The van der Waals surface area contributed by atoms with Gasteiger partial charge in [-0.3, -0.25) is 9.59 Å². The van der Waals surface area contributed by atoms with Gasteiger partial charge in [0.25, 0.3) is 11.5 Å². The highest BCUT2D eigenvalue weighted by Gasteiger charge is 2.36. The van der Waals surface area contributed by atoms with Crippen LogP contribution in [0.1, 0.15) is 30.8 Å². The summed E-state index contributed by atoms with van der Waals surface area (Å²) >= 11 is 0. The van der Waals surface area contributed by atoms with Gasteiger partial charge in [0.2, 0.25) is 0 Å². The zero-order valence-electron chi connectivity index (χ0n) is 16.5. The second kappa shape index (κ2) is 7.94. The maximum atomic E-state index is 12.8. The van der Waals surface area contributed by atoms with Gasteiger partial charge < -0.3 is 9.64 Å². The summed E-state index contributed by atoms with van der Waals surface area (Å²) in [4.78, 5) is 39.1. The van der Waals surface area contributed by atoms with Crippen molar-refractivity contribution in [3.63, 3.8) is 0 Å². The van der Waals surface area contributed by atoms with Crippen LogP contribution in [-0.4, -0.2) is 65.2 Å². The van der Waals surface area contributed by atoms with Gasteiger partial charge in [0.1, 0.15) is 0 Å². The highest BCUT2D eigenvalue weighted by Crippen LogP contribution is 2.20. The van der Waals surface area contributed by atoms with E-state index in [0.29, 0.717) is 23.7 Å². The topological polar surface area (TPSA) is 116 Å². The number of carbonyl (C=O) groups excluding carboxylic acids is 2. The number of sulfone groups is 1. The van der Waals surface area contributed by atoms with Crippen LogP contribution in [0.5, 0.6) is 0 Å². The van der Waals surface area contributed by atoms with Crippen molar-refractivity contribution in [3.8, 4) is 0 Å². The van der Waals surface area contributed by atoms with Crippen LogP contribution in [0.3, 0.4) is 0 Å². The van der Waals surface area contributed by atoms with Gasteiger partial charge in [0.15, 0.2) is 21.6 Å². The lowest BCUT2D eigenvalue weighted by Crippen LogP contribution is -2.46. The molecule has 0 spiro atoms. The number of rotatable bonds is 5. The molecule has 1 aromatic heterocycles. The molecule has 0 radical (unpaired) electrons. The summed E-state index contributed by atoms with van der Waals surface area (Å²) in [6.07, 6.45) is -0.751. The summed E-state index contributed by atoms with van der Waals surface area (Å²) in [5.74, 6) is -1.33. The summed E-state index contributed by atoms with van der Waals surface area (Å²) in [6.45, 7) is 3.50. The van der Waals surface area contributed by atoms with Crippen LogP contribution >= 0.6 is 0 Å². The Morgan fingerprint density at radius 1 is 1.31 bits per heavy atom. The Hall–Kier alpha value is -2.75. The quantitative estimate of drug-likeness (QED) is 0.646. The fourth-order valence-electron chi connectivity index (χ4n) is 3.57. The van der Waals surface area contributed by atoms with Crippen LogP contribution in [0.2, 0.25) is 0 Å². The molecular formula is C19H23N3O6S. The molecule has 2 heterocycles. The fourth-order valence-corrected chi connectivity index (χ4v) is 5.30. The first-order valence-electron chi connectivity index (χ1n) is 9.32. The van der Waals surface area contributed by atoms with Crippen molar-refractivity contribution in [1.29, 1.82) is 0 Å². The number of benzene rings is 1. The van der Waals surface area contributed by atoms with E-state index in [1.165, 1.54) is 18.9 Å². The smallest absolute Gasteiger partial charge is 0.360 e. The van der Waals surface area contributed by atoms with Crippen LogP contribution in [0.15, 0.2) is 29.1 Å². The number of fused-ring (bicyclic) bond motifs is 1. The number of aryl methyl sites for hydroxylation is 1. The zero-order valence-corrected chi connectivity index (χ0v) is 17.3. The molecule has 10 heteroatoms. The molecule has 0 unspecified atom stereocenters. The molecule has 0 aliphatic carbocycles. The lowest BCUT2D eigenvalue weighted by molar-refractivity contribution is -0.141. The van der Waals surface area contributed by atoms with Crippen molar-refractivity contribution in [2.75, 3.05) is 18.1 Å². The Bertz CT molecular complexity index is 1120. The van der Waals surface area contributed by atoms with Crippen molar-refractivity contribution in [2.45, 2.75) is 32.4 Å². The van der Waals surface area contributed by atoms with E-state index >= 15 is 0 Å². The predicted octanol–water partition coefficient (Wildman–Crippen LogP) is 0.514. The molecule has 1 amide bonds. The van der Waals surface area contributed by atoms with Crippen molar-refractivity contribution in [2.24, 2.45) is 7.05 Å². The molecule has 3 rings (SSSR count). The zero-order chi connectivity index (χ0) is 21.3. The molecule has 29 heavy (non-hydrogen) atoms. The minimum Gasteiger partial charge on any atom is -0.448 e. The van der Waals surface area contributed by atoms with E-state index in [-0.39, 0.29) is 22.8 Å². The Kier molecular flexibility index (Phi) is 5.74. The molecular weight excluding hydrogens is 398 g/mol. The minimum atomic E-state index is -3.15. The summed E-state index contributed by atoms with van der Waals surface area (Å²) in [5.41, 5.74) is -0.408. The minimum absolute atomic E-state index is 0.0452. The normalized spacial score (nSPS) is 19.1. The van der Waals surface area contributed by atoms with Gasteiger partial charge in [-0.25, -0.2) is 17.9 Å². The first-order chi connectivity index (χ1) is 13.6. The molecule has 1 fully saturated rings. The van der Waals surface area contributed by atoms with E-state index in [0.717, 1.165) is 4.68 Å². The van der Waals surface area contributed by atoms with E-state index in [9.17, 15) is 22.8 Å². The molecule has 0 saturated carbocycles. The van der Waals surface area contributed by atoms with E-state index in [2.05, 4.69) is 5.10 Å². The third kappa shape index (κ3) is 4.16. The number of ether oxygens (including phenoxy) is 1. The van der Waals surface area contributed by atoms with Crippen molar-refractivity contribution in [1.82, 2.24) is 14.7 Å². The summed E-state index contributed by atoms with van der Waals surface area (Å²) in [6, 6.07) is 6.11. The number of hydrogen-bond acceptors (Lipinski definition) is 7. The van der Waals surface area contributed by atoms with Crippen LogP contribution in [0.25, 0.3) is 10.8 Å². The van der Waals surface area contributed by atoms with Crippen LogP contribution in [0.4, 0.5) is 0 Å². The van der Waals surface area contributed by atoms with E-state index in [1.807, 2.05) is 0 Å². The van der Waals surface area contributed by atoms with Crippen molar-refractivity contribution < 1.29 is 22.7 Å². The summed E-state index contributed by atoms with van der Waals surface area (Å²) < 4.78 is 29.9. The number of esters is 1. The Morgan fingerprint density at radius 2 is 1.97 bits per heavy atom. The average molecular weight is 421 g/mol. The van der Waals surface area contributed by atoms with E-state index < -0.39 is 33.9 Å². The second-order valence-electron chi connectivity index (χ2n) is 7.05. The second-order valence-corrected chi connectivity index (χ2v) is 9.28. The molecule has 1 aromatic carbocycles. The molecule has 1 saturated heterocycles. The van der Waals surface area contributed by atoms with Crippen LogP contribution < -0.4 is 5.56 Å². The van der Waals surface area contributed by atoms with Crippen LogP contribution in [-0.2, 0) is 26.4 Å². The molecule has 9 nitrogen and oxygen atoms in total. The van der Waals surface area contributed by atoms with Crippen molar-refractivity contribution >= 4 is 32.5 Å². The number of hydrogen-bond donors (Lipinski definition) is 0. The first-order valence-corrected chi connectivity index (χ1v) is 11.1. The molecule has 2 aromatic rings. The van der Waals surface area contributed by atoms with Gasteiger partial charge in [-0.1, -0.05) is 18.2 Å². The standard InChI is InChI=1S/C19H23N3O6S/c1-4-22(13-9-10-29(26,27)11-13)17(23)12(2)28-19(25)16-14-7-5-6-8-15(14)18(24)21(3)20-16/h5-8,12-13H,4,9-11H2,1-3H3/t12-,13-/m0/s1. The maximum Gasteiger partial charge on any atom is 0.360 e. The van der Waals surface area contributed by atoms with Crippen molar-refractivity contribution in [3.05, 3.63) is 40.3 Å². The molecule has 1 aliphatic rings. The molecule has 0 bridgehead atoms. The largest absolute Gasteiger partial charge is 0.448 e. The monoisotopic (exact) mass is 421 g/mol. The number of nitrogens with zero attached hydrogens (tertiary/aromatic N) is 3. The van der Waals surface area contributed by atoms with E-state index in [1.54, 1.807) is 31.2 Å². The van der Waals surface area contributed by atoms with E-state index in [4.69, 9.17) is 4.74 Å². The molecule has 2 atom stereocenters. The molecule has 0 N–H and O–H groups in total.